The fraction of sp³-hybridized carbons (Fsp3) is 0.333. The van der Waals surface area contributed by atoms with E-state index in [1.807, 2.05) is 47.4 Å². The van der Waals surface area contributed by atoms with Crippen molar-refractivity contribution in [3.05, 3.63) is 59.9 Å². The van der Waals surface area contributed by atoms with Gasteiger partial charge in [-0.25, -0.2) is 4.98 Å². The van der Waals surface area contributed by atoms with Crippen molar-refractivity contribution in [2.45, 2.75) is 38.3 Å². The molecule has 1 aromatic heterocycles. The van der Waals surface area contributed by atoms with E-state index < -0.39 is 5.54 Å². The molecule has 1 saturated heterocycles. The summed E-state index contributed by atoms with van der Waals surface area (Å²) in [5.41, 5.74) is 3.40. The molecular formula is C24H25N5O3. The van der Waals surface area contributed by atoms with Crippen LogP contribution in [0.3, 0.4) is 0 Å². The first-order valence-corrected chi connectivity index (χ1v) is 10.8. The summed E-state index contributed by atoms with van der Waals surface area (Å²) in [5.74, 6) is -0.167. The minimum absolute atomic E-state index is 0.0203. The fourth-order valence-corrected chi connectivity index (χ4v) is 4.93. The second-order valence-electron chi connectivity index (χ2n) is 8.64. The van der Waals surface area contributed by atoms with Crippen molar-refractivity contribution in [2.24, 2.45) is 0 Å². The van der Waals surface area contributed by atoms with E-state index in [-0.39, 0.29) is 24.1 Å². The number of nitrogens with one attached hydrogen (secondary N) is 2. The number of fused-ring (bicyclic) bond motifs is 2. The number of aromatic amines is 1. The molecule has 2 aliphatic rings. The van der Waals surface area contributed by atoms with Crippen LogP contribution in [0.15, 0.2) is 48.8 Å². The van der Waals surface area contributed by atoms with E-state index in [0.29, 0.717) is 43.7 Å². The highest BCUT2D eigenvalue weighted by atomic mass is 16.2. The first-order chi connectivity index (χ1) is 15.4. The number of piperidine rings is 1. The van der Waals surface area contributed by atoms with Gasteiger partial charge in [0.15, 0.2) is 0 Å². The summed E-state index contributed by atoms with van der Waals surface area (Å²) >= 11 is 0. The Balaban J connectivity index is 1.39. The van der Waals surface area contributed by atoms with Crippen LogP contribution < -0.4 is 5.32 Å². The Morgan fingerprint density at radius 2 is 1.94 bits per heavy atom. The number of aromatic nitrogens is 2. The zero-order chi connectivity index (χ0) is 22.3. The van der Waals surface area contributed by atoms with Gasteiger partial charge in [-0.3, -0.25) is 14.4 Å². The minimum atomic E-state index is -0.635. The number of rotatable bonds is 4. The van der Waals surface area contributed by atoms with E-state index in [1.54, 1.807) is 18.2 Å². The predicted molar refractivity (Wildman–Crippen MR) is 120 cm³/mol. The Morgan fingerprint density at radius 1 is 1.16 bits per heavy atom. The standard InChI is InChI=1S/C24H25N5O3/c1-16(30)28-10-8-24(9-11-28,29-14-17-4-2-3-5-19(17)23(29)32)13-22(31)27-18-6-7-20-21(12-18)26-15-25-20/h2-7,12,15H,8-11,13-14H2,1H3,(H,25,26)(H,27,31). The zero-order valence-corrected chi connectivity index (χ0v) is 17.9. The Labute approximate surface area is 185 Å². The van der Waals surface area contributed by atoms with Crippen LogP contribution >= 0.6 is 0 Å². The number of likely N-dealkylation sites (tertiary alicyclic amines) is 1. The number of nitrogens with zero attached hydrogens (tertiary/aromatic N) is 3. The molecule has 3 amide bonds. The van der Waals surface area contributed by atoms with Crippen molar-refractivity contribution in [3.63, 3.8) is 0 Å². The number of carbonyl (C=O) groups is 3. The number of amides is 3. The van der Waals surface area contributed by atoms with E-state index in [1.165, 1.54) is 0 Å². The molecule has 0 aliphatic carbocycles. The highest BCUT2D eigenvalue weighted by Crippen LogP contribution is 2.39. The van der Waals surface area contributed by atoms with Crippen molar-refractivity contribution < 1.29 is 14.4 Å². The van der Waals surface area contributed by atoms with Gasteiger partial charge in [0, 0.05) is 37.8 Å². The molecule has 2 N–H and O–H groups in total. The highest BCUT2D eigenvalue weighted by Gasteiger charge is 2.47. The zero-order valence-electron chi connectivity index (χ0n) is 17.9. The maximum Gasteiger partial charge on any atom is 0.254 e. The number of anilines is 1. The molecule has 0 spiro atoms. The van der Waals surface area contributed by atoms with Gasteiger partial charge in [0.1, 0.15) is 0 Å². The fourth-order valence-electron chi connectivity index (χ4n) is 4.93. The summed E-state index contributed by atoms with van der Waals surface area (Å²) in [7, 11) is 0. The second-order valence-corrected chi connectivity index (χ2v) is 8.64. The smallest absolute Gasteiger partial charge is 0.254 e. The Morgan fingerprint density at radius 3 is 2.69 bits per heavy atom. The van der Waals surface area contributed by atoms with Crippen LogP contribution in [-0.2, 0) is 16.1 Å². The maximum absolute atomic E-state index is 13.3. The first-order valence-electron chi connectivity index (χ1n) is 10.8. The quantitative estimate of drug-likeness (QED) is 0.664. The van der Waals surface area contributed by atoms with Gasteiger partial charge in [-0.05, 0) is 42.7 Å². The van der Waals surface area contributed by atoms with E-state index in [4.69, 9.17) is 0 Å². The molecule has 8 heteroatoms. The third-order valence-electron chi connectivity index (χ3n) is 6.73. The Bertz CT molecular complexity index is 1210. The Kier molecular flexibility index (Phi) is 4.92. The topological polar surface area (TPSA) is 98.4 Å². The summed E-state index contributed by atoms with van der Waals surface area (Å²) in [6.07, 6.45) is 2.93. The molecule has 0 bridgehead atoms. The van der Waals surface area contributed by atoms with Gasteiger partial charge in [-0.1, -0.05) is 18.2 Å². The molecule has 8 nitrogen and oxygen atoms in total. The van der Waals surface area contributed by atoms with Gasteiger partial charge < -0.3 is 20.1 Å². The van der Waals surface area contributed by atoms with Crippen LogP contribution in [0.5, 0.6) is 0 Å². The van der Waals surface area contributed by atoms with Crippen LogP contribution in [0.1, 0.15) is 42.1 Å². The molecule has 3 heterocycles. The lowest BCUT2D eigenvalue weighted by Gasteiger charge is -2.47. The summed E-state index contributed by atoms with van der Waals surface area (Å²) in [6.45, 7) is 3.11. The third-order valence-corrected chi connectivity index (χ3v) is 6.73. The lowest BCUT2D eigenvalue weighted by atomic mass is 9.82. The molecule has 164 valence electrons. The van der Waals surface area contributed by atoms with Gasteiger partial charge in [-0.2, -0.15) is 0 Å². The van der Waals surface area contributed by atoms with Crippen molar-refractivity contribution >= 4 is 34.4 Å². The van der Waals surface area contributed by atoms with Crippen molar-refractivity contribution in [3.8, 4) is 0 Å². The van der Waals surface area contributed by atoms with Gasteiger partial charge >= 0.3 is 0 Å². The van der Waals surface area contributed by atoms with Gasteiger partial charge in [0.05, 0.1) is 29.3 Å². The summed E-state index contributed by atoms with van der Waals surface area (Å²) < 4.78 is 0. The number of hydrogen-bond acceptors (Lipinski definition) is 4. The number of H-pyrrole nitrogens is 1. The molecule has 2 aliphatic heterocycles. The number of hydrogen-bond donors (Lipinski definition) is 2. The van der Waals surface area contributed by atoms with E-state index in [2.05, 4.69) is 15.3 Å². The van der Waals surface area contributed by atoms with Gasteiger partial charge in [0.2, 0.25) is 11.8 Å². The first kappa shape index (κ1) is 20.2. The van der Waals surface area contributed by atoms with Gasteiger partial charge in [0.25, 0.3) is 5.91 Å². The number of carbonyl (C=O) groups excluding carboxylic acids is 3. The van der Waals surface area contributed by atoms with Crippen LogP contribution in [0.25, 0.3) is 11.0 Å². The molecule has 32 heavy (non-hydrogen) atoms. The number of imidazole rings is 1. The molecular weight excluding hydrogens is 406 g/mol. The molecule has 2 aromatic carbocycles. The average molecular weight is 431 g/mol. The van der Waals surface area contributed by atoms with Crippen LogP contribution in [0.2, 0.25) is 0 Å². The minimum Gasteiger partial charge on any atom is -0.345 e. The second kappa shape index (κ2) is 7.78. The Hall–Kier alpha value is -3.68. The van der Waals surface area contributed by atoms with Crippen LogP contribution in [0.4, 0.5) is 5.69 Å². The average Bonchev–Trinajstić information content (AvgIpc) is 3.38. The highest BCUT2D eigenvalue weighted by molar-refractivity contribution is 6.00. The van der Waals surface area contributed by atoms with Gasteiger partial charge in [-0.15, -0.1) is 0 Å². The monoisotopic (exact) mass is 431 g/mol. The molecule has 1 fully saturated rings. The molecule has 5 rings (SSSR count). The molecule has 3 aromatic rings. The lowest BCUT2D eigenvalue weighted by molar-refractivity contribution is -0.131. The van der Waals surface area contributed by atoms with Crippen molar-refractivity contribution in [1.82, 2.24) is 19.8 Å². The summed E-state index contributed by atoms with van der Waals surface area (Å²) in [4.78, 5) is 49.2. The third kappa shape index (κ3) is 3.51. The molecule has 0 unspecified atom stereocenters. The summed E-state index contributed by atoms with van der Waals surface area (Å²) in [6, 6.07) is 13.1. The van der Waals surface area contributed by atoms with Crippen LogP contribution in [-0.4, -0.2) is 56.1 Å². The van der Waals surface area contributed by atoms with E-state index >= 15 is 0 Å². The van der Waals surface area contributed by atoms with Crippen molar-refractivity contribution in [1.29, 1.82) is 0 Å². The number of benzene rings is 2. The summed E-state index contributed by atoms with van der Waals surface area (Å²) in [5, 5.41) is 2.98. The predicted octanol–water partition coefficient (Wildman–Crippen LogP) is 2.93. The normalized spacial score (nSPS) is 17.5. The van der Waals surface area contributed by atoms with Crippen LogP contribution in [0, 0.1) is 0 Å². The molecule has 0 radical (unpaired) electrons. The molecule has 0 saturated carbocycles. The SMILES string of the molecule is CC(=O)N1CCC(CC(=O)Nc2ccc3nc[nH]c3c2)(N2Cc3ccccc3C2=O)CC1. The molecule has 0 atom stereocenters. The van der Waals surface area contributed by atoms with Crippen molar-refractivity contribution in [2.75, 3.05) is 18.4 Å². The van der Waals surface area contributed by atoms with E-state index in [9.17, 15) is 14.4 Å². The lowest BCUT2D eigenvalue weighted by Crippen LogP contribution is -2.57. The largest absolute Gasteiger partial charge is 0.345 e. The maximum atomic E-state index is 13.3. The van der Waals surface area contributed by atoms with E-state index in [0.717, 1.165) is 16.6 Å².